The molecule has 1 aromatic heterocycles. The molecule has 0 spiro atoms. The molecule has 3 aromatic rings. The van der Waals surface area contributed by atoms with E-state index in [1.807, 2.05) is 16.7 Å². The molecule has 0 saturated heterocycles. The van der Waals surface area contributed by atoms with Gasteiger partial charge in [0.15, 0.2) is 0 Å². The van der Waals surface area contributed by atoms with Crippen LogP contribution in [-0.4, -0.2) is 9.55 Å². The second-order valence-corrected chi connectivity index (χ2v) is 4.74. The van der Waals surface area contributed by atoms with E-state index in [0.29, 0.717) is 17.0 Å². The summed E-state index contributed by atoms with van der Waals surface area (Å²) in [5.74, 6) is 0.921. The molecule has 3 rings (SSSR count). The van der Waals surface area contributed by atoms with Crippen molar-refractivity contribution in [2.24, 2.45) is 0 Å². The van der Waals surface area contributed by atoms with Gasteiger partial charge >= 0.3 is 0 Å². The Morgan fingerprint density at radius 3 is 2.52 bits per heavy atom. The summed E-state index contributed by atoms with van der Waals surface area (Å²) in [5, 5.41) is 18.1. The van der Waals surface area contributed by atoms with Crippen molar-refractivity contribution in [3.05, 3.63) is 59.4 Å². The molecule has 0 bridgehead atoms. The van der Waals surface area contributed by atoms with Crippen molar-refractivity contribution in [2.45, 2.75) is 5.88 Å². The average Bonchev–Trinajstić information content (AvgIpc) is 2.92. The molecule has 0 aliphatic heterocycles. The van der Waals surface area contributed by atoms with Crippen LogP contribution in [0.3, 0.4) is 0 Å². The van der Waals surface area contributed by atoms with Crippen LogP contribution in [0.25, 0.3) is 16.7 Å². The maximum atomic E-state index is 9.06. The Hall–Kier alpha value is -2.82. The van der Waals surface area contributed by atoms with Gasteiger partial charge in [0, 0.05) is 5.69 Å². The highest BCUT2D eigenvalue weighted by Crippen LogP contribution is 2.24. The minimum Gasteiger partial charge on any atom is -0.295 e. The summed E-state index contributed by atoms with van der Waals surface area (Å²) in [6.45, 7) is 0. The lowest BCUT2D eigenvalue weighted by Crippen LogP contribution is -1.99. The molecule has 0 fully saturated rings. The molecule has 5 heteroatoms. The van der Waals surface area contributed by atoms with Gasteiger partial charge in [0.2, 0.25) is 0 Å². The molecule has 0 radical (unpaired) electrons. The summed E-state index contributed by atoms with van der Waals surface area (Å²) in [4.78, 5) is 4.48. The highest BCUT2D eigenvalue weighted by molar-refractivity contribution is 6.17. The van der Waals surface area contributed by atoms with Gasteiger partial charge in [0.05, 0.1) is 40.2 Å². The van der Waals surface area contributed by atoms with E-state index in [9.17, 15) is 0 Å². The highest BCUT2D eigenvalue weighted by Gasteiger charge is 2.12. The van der Waals surface area contributed by atoms with E-state index in [1.165, 1.54) is 0 Å². The number of benzene rings is 2. The molecule has 0 amide bonds. The average molecular weight is 293 g/mol. The largest absolute Gasteiger partial charge is 0.295 e. The standard InChI is InChI=1S/C16H9ClN4/c17-8-16-20-14-5-4-12(10-19)7-15(14)21(16)13-3-1-2-11(6-13)9-18/h1-7H,8H2. The number of imidazole rings is 1. The molecule has 1 heterocycles. The minimum absolute atomic E-state index is 0.243. The minimum atomic E-state index is 0.243. The molecular formula is C16H9ClN4. The van der Waals surface area contributed by atoms with Gasteiger partial charge in [-0.3, -0.25) is 4.57 Å². The summed E-state index contributed by atoms with van der Waals surface area (Å²) in [6, 6.07) is 16.8. The van der Waals surface area contributed by atoms with E-state index >= 15 is 0 Å². The van der Waals surface area contributed by atoms with Gasteiger partial charge in [-0.05, 0) is 36.4 Å². The summed E-state index contributed by atoms with van der Waals surface area (Å²) >= 11 is 5.99. The Morgan fingerprint density at radius 2 is 1.81 bits per heavy atom. The van der Waals surface area contributed by atoms with E-state index in [2.05, 4.69) is 17.1 Å². The molecule has 0 N–H and O–H groups in total. The molecule has 0 aliphatic carbocycles. The number of rotatable bonds is 2. The predicted octanol–water partition coefficient (Wildman–Crippen LogP) is 3.51. The first-order chi connectivity index (χ1) is 10.3. The zero-order valence-corrected chi connectivity index (χ0v) is 11.7. The van der Waals surface area contributed by atoms with Crippen LogP contribution in [0.15, 0.2) is 42.5 Å². The highest BCUT2D eigenvalue weighted by atomic mass is 35.5. The van der Waals surface area contributed by atoms with E-state index < -0.39 is 0 Å². The van der Waals surface area contributed by atoms with Crippen LogP contribution >= 0.6 is 11.6 Å². The number of nitrogens with zero attached hydrogens (tertiary/aromatic N) is 4. The fraction of sp³-hybridized carbons (Fsp3) is 0.0625. The Kier molecular flexibility index (Phi) is 3.31. The third-order valence-corrected chi connectivity index (χ3v) is 3.45. The molecule has 100 valence electrons. The van der Waals surface area contributed by atoms with E-state index in [1.54, 1.807) is 30.3 Å². The number of fused-ring (bicyclic) bond motifs is 1. The zero-order chi connectivity index (χ0) is 14.8. The van der Waals surface area contributed by atoms with Crippen molar-refractivity contribution in [3.8, 4) is 17.8 Å². The molecule has 21 heavy (non-hydrogen) atoms. The van der Waals surface area contributed by atoms with Gasteiger partial charge in [0.25, 0.3) is 0 Å². The Labute approximate surface area is 126 Å². The Morgan fingerprint density at radius 1 is 1.05 bits per heavy atom. The number of halogens is 1. The fourth-order valence-electron chi connectivity index (χ4n) is 2.29. The Bertz CT molecular complexity index is 912. The third kappa shape index (κ3) is 2.23. The van der Waals surface area contributed by atoms with Crippen molar-refractivity contribution in [1.82, 2.24) is 9.55 Å². The van der Waals surface area contributed by atoms with Crippen LogP contribution in [-0.2, 0) is 5.88 Å². The summed E-state index contributed by atoms with van der Waals surface area (Å²) in [6.07, 6.45) is 0. The number of aromatic nitrogens is 2. The summed E-state index contributed by atoms with van der Waals surface area (Å²) in [5.41, 5.74) is 3.50. The quantitative estimate of drug-likeness (QED) is 0.679. The first kappa shape index (κ1) is 13.2. The van der Waals surface area contributed by atoms with Gasteiger partial charge in [-0.15, -0.1) is 11.6 Å². The van der Waals surface area contributed by atoms with Crippen molar-refractivity contribution < 1.29 is 0 Å². The maximum absolute atomic E-state index is 9.06. The van der Waals surface area contributed by atoms with E-state index in [4.69, 9.17) is 22.1 Å². The predicted molar refractivity (Wildman–Crippen MR) is 80.1 cm³/mol. The topological polar surface area (TPSA) is 65.4 Å². The normalized spacial score (nSPS) is 10.2. The van der Waals surface area contributed by atoms with E-state index in [-0.39, 0.29) is 5.88 Å². The third-order valence-electron chi connectivity index (χ3n) is 3.21. The van der Waals surface area contributed by atoms with Crippen LogP contribution in [0.4, 0.5) is 0 Å². The Balaban J connectivity index is 2.34. The monoisotopic (exact) mass is 292 g/mol. The molecule has 4 nitrogen and oxygen atoms in total. The van der Waals surface area contributed by atoms with Crippen LogP contribution in [0.2, 0.25) is 0 Å². The van der Waals surface area contributed by atoms with Gasteiger partial charge in [-0.25, -0.2) is 4.98 Å². The lowest BCUT2D eigenvalue weighted by atomic mass is 10.2. The second kappa shape index (κ2) is 5.28. The van der Waals surface area contributed by atoms with Crippen molar-refractivity contribution >= 4 is 22.6 Å². The van der Waals surface area contributed by atoms with Crippen LogP contribution in [0.5, 0.6) is 0 Å². The van der Waals surface area contributed by atoms with E-state index in [0.717, 1.165) is 16.7 Å². The fourth-order valence-corrected chi connectivity index (χ4v) is 2.47. The van der Waals surface area contributed by atoms with Crippen molar-refractivity contribution in [1.29, 1.82) is 10.5 Å². The smallest absolute Gasteiger partial charge is 0.129 e. The van der Waals surface area contributed by atoms with Crippen LogP contribution < -0.4 is 0 Å². The van der Waals surface area contributed by atoms with Crippen molar-refractivity contribution in [2.75, 3.05) is 0 Å². The first-order valence-electron chi connectivity index (χ1n) is 6.25. The van der Waals surface area contributed by atoms with Crippen LogP contribution in [0.1, 0.15) is 17.0 Å². The molecule has 0 atom stereocenters. The number of alkyl halides is 1. The van der Waals surface area contributed by atoms with Gasteiger partial charge in [-0.2, -0.15) is 10.5 Å². The molecular weight excluding hydrogens is 284 g/mol. The van der Waals surface area contributed by atoms with Crippen LogP contribution in [0, 0.1) is 22.7 Å². The molecule has 0 saturated carbocycles. The van der Waals surface area contributed by atoms with Gasteiger partial charge in [-0.1, -0.05) is 6.07 Å². The second-order valence-electron chi connectivity index (χ2n) is 4.47. The first-order valence-corrected chi connectivity index (χ1v) is 6.78. The van der Waals surface area contributed by atoms with Gasteiger partial charge in [0.1, 0.15) is 5.82 Å². The lowest BCUT2D eigenvalue weighted by Gasteiger charge is -2.08. The van der Waals surface area contributed by atoms with Crippen molar-refractivity contribution in [3.63, 3.8) is 0 Å². The zero-order valence-electron chi connectivity index (χ0n) is 10.9. The SMILES string of the molecule is N#Cc1cccc(-n2c(CCl)nc3ccc(C#N)cc32)c1. The number of hydrogen-bond acceptors (Lipinski definition) is 3. The maximum Gasteiger partial charge on any atom is 0.129 e. The summed E-state index contributed by atoms with van der Waals surface area (Å²) in [7, 11) is 0. The lowest BCUT2D eigenvalue weighted by molar-refractivity contribution is 0.981. The molecule has 0 unspecified atom stereocenters. The van der Waals surface area contributed by atoms with Gasteiger partial charge < -0.3 is 0 Å². The number of nitriles is 2. The summed E-state index contributed by atoms with van der Waals surface area (Å²) < 4.78 is 1.88. The molecule has 0 aliphatic rings. The number of hydrogen-bond donors (Lipinski definition) is 0. The molecule has 2 aromatic carbocycles.